The van der Waals surface area contributed by atoms with Gasteiger partial charge in [-0.3, -0.25) is 9.97 Å². The molecule has 0 bridgehead atoms. The van der Waals surface area contributed by atoms with E-state index in [4.69, 9.17) is 4.74 Å². The molecule has 18 heavy (non-hydrogen) atoms. The SMILES string of the molecule is CCc1cccnc1C(O)c1cncc(OC)c1. The second-order valence-corrected chi connectivity index (χ2v) is 3.96. The minimum atomic E-state index is -0.774. The van der Waals surface area contributed by atoms with Crippen LogP contribution in [-0.2, 0) is 6.42 Å². The molecule has 1 atom stereocenters. The van der Waals surface area contributed by atoms with E-state index in [2.05, 4.69) is 9.97 Å². The molecule has 0 radical (unpaired) electrons. The number of hydrogen-bond acceptors (Lipinski definition) is 4. The lowest BCUT2D eigenvalue weighted by Crippen LogP contribution is -2.06. The van der Waals surface area contributed by atoms with Gasteiger partial charge in [-0.25, -0.2) is 0 Å². The maximum Gasteiger partial charge on any atom is 0.137 e. The van der Waals surface area contributed by atoms with Crippen molar-refractivity contribution < 1.29 is 9.84 Å². The number of nitrogens with zero attached hydrogens (tertiary/aromatic N) is 2. The van der Waals surface area contributed by atoms with E-state index in [1.54, 1.807) is 31.8 Å². The highest BCUT2D eigenvalue weighted by atomic mass is 16.5. The van der Waals surface area contributed by atoms with E-state index in [1.165, 1.54) is 0 Å². The van der Waals surface area contributed by atoms with Gasteiger partial charge >= 0.3 is 0 Å². The third-order valence-electron chi connectivity index (χ3n) is 2.85. The third-order valence-corrected chi connectivity index (χ3v) is 2.85. The number of pyridine rings is 2. The Morgan fingerprint density at radius 3 is 2.94 bits per heavy atom. The molecule has 0 spiro atoms. The summed E-state index contributed by atoms with van der Waals surface area (Å²) in [4.78, 5) is 8.31. The van der Waals surface area contributed by atoms with Crippen LogP contribution in [0.1, 0.15) is 29.8 Å². The summed E-state index contributed by atoms with van der Waals surface area (Å²) in [6.45, 7) is 2.04. The van der Waals surface area contributed by atoms with Gasteiger partial charge in [-0.1, -0.05) is 13.0 Å². The van der Waals surface area contributed by atoms with E-state index in [1.807, 2.05) is 19.1 Å². The van der Waals surface area contributed by atoms with Crippen LogP contribution >= 0.6 is 0 Å². The molecule has 0 aromatic carbocycles. The Kier molecular flexibility index (Phi) is 3.89. The second-order valence-electron chi connectivity index (χ2n) is 3.96. The highest BCUT2D eigenvalue weighted by molar-refractivity contribution is 5.33. The summed E-state index contributed by atoms with van der Waals surface area (Å²) in [5.41, 5.74) is 2.39. The van der Waals surface area contributed by atoms with Gasteiger partial charge in [0.1, 0.15) is 11.9 Å². The molecule has 4 heteroatoms. The number of hydrogen-bond donors (Lipinski definition) is 1. The van der Waals surface area contributed by atoms with Crippen LogP contribution < -0.4 is 4.74 Å². The summed E-state index contributed by atoms with van der Waals surface area (Å²) in [5, 5.41) is 10.4. The zero-order valence-corrected chi connectivity index (χ0v) is 10.5. The summed E-state index contributed by atoms with van der Waals surface area (Å²) in [7, 11) is 1.57. The number of aromatic nitrogens is 2. The summed E-state index contributed by atoms with van der Waals surface area (Å²) in [6.07, 6.45) is 4.98. The lowest BCUT2D eigenvalue weighted by atomic mass is 10.0. The van der Waals surface area contributed by atoms with Crippen LogP contribution in [0.25, 0.3) is 0 Å². The van der Waals surface area contributed by atoms with E-state index < -0.39 is 6.10 Å². The molecule has 94 valence electrons. The van der Waals surface area contributed by atoms with Gasteiger partial charge in [0.2, 0.25) is 0 Å². The average molecular weight is 244 g/mol. The van der Waals surface area contributed by atoms with E-state index in [0.717, 1.165) is 12.0 Å². The van der Waals surface area contributed by atoms with Crippen molar-refractivity contribution in [3.63, 3.8) is 0 Å². The van der Waals surface area contributed by atoms with E-state index in [0.29, 0.717) is 17.0 Å². The molecule has 1 unspecified atom stereocenters. The lowest BCUT2D eigenvalue weighted by molar-refractivity contribution is 0.213. The van der Waals surface area contributed by atoms with Crippen LogP contribution in [0.2, 0.25) is 0 Å². The highest BCUT2D eigenvalue weighted by Gasteiger charge is 2.16. The Morgan fingerprint density at radius 2 is 2.22 bits per heavy atom. The maximum atomic E-state index is 10.4. The Morgan fingerprint density at radius 1 is 1.39 bits per heavy atom. The quantitative estimate of drug-likeness (QED) is 0.895. The van der Waals surface area contributed by atoms with Gasteiger partial charge in [0.05, 0.1) is 19.0 Å². The molecule has 0 amide bonds. The van der Waals surface area contributed by atoms with Crippen LogP contribution in [0, 0.1) is 0 Å². The number of aliphatic hydroxyl groups excluding tert-OH is 1. The zero-order chi connectivity index (χ0) is 13.0. The number of aryl methyl sites for hydroxylation is 1. The molecule has 0 fully saturated rings. The molecule has 0 aliphatic carbocycles. The van der Waals surface area contributed by atoms with Crippen molar-refractivity contribution in [1.29, 1.82) is 0 Å². The van der Waals surface area contributed by atoms with E-state index in [9.17, 15) is 5.11 Å². The van der Waals surface area contributed by atoms with Crippen molar-refractivity contribution in [2.24, 2.45) is 0 Å². The summed E-state index contributed by atoms with van der Waals surface area (Å²) >= 11 is 0. The van der Waals surface area contributed by atoms with Crippen molar-refractivity contribution in [2.75, 3.05) is 7.11 Å². The fraction of sp³-hybridized carbons (Fsp3) is 0.286. The van der Waals surface area contributed by atoms with Crippen LogP contribution in [0.4, 0.5) is 0 Å². The molecule has 0 saturated carbocycles. The first kappa shape index (κ1) is 12.5. The van der Waals surface area contributed by atoms with Gasteiger partial charge in [0.25, 0.3) is 0 Å². The Labute approximate surface area is 106 Å². The molecular weight excluding hydrogens is 228 g/mol. The predicted octanol–water partition coefficient (Wildman–Crippen LogP) is 2.13. The number of ether oxygens (including phenoxy) is 1. The van der Waals surface area contributed by atoms with Crippen molar-refractivity contribution >= 4 is 0 Å². The van der Waals surface area contributed by atoms with Crippen LogP contribution in [0.3, 0.4) is 0 Å². The largest absolute Gasteiger partial charge is 0.495 e. The van der Waals surface area contributed by atoms with Crippen molar-refractivity contribution in [2.45, 2.75) is 19.4 Å². The van der Waals surface area contributed by atoms with Gasteiger partial charge < -0.3 is 9.84 Å². The number of aliphatic hydroxyl groups is 1. The predicted molar refractivity (Wildman–Crippen MR) is 68.5 cm³/mol. The van der Waals surface area contributed by atoms with E-state index in [-0.39, 0.29) is 0 Å². The standard InChI is InChI=1S/C14H16N2O2/c1-3-10-5-4-6-16-13(10)14(17)11-7-12(18-2)9-15-8-11/h4-9,14,17H,3H2,1-2H3. The average Bonchev–Trinajstić information content (AvgIpc) is 2.46. The van der Waals surface area contributed by atoms with Gasteiger partial charge in [-0.05, 0) is 24.1 Å². The molecule has 2 rings (SSSR count). The number of methoxy groups -OCH3 is 1. The fourth-order valence-corrected chi connectivity index (χ4v) is 1.85. The molecular formula is C14H16N2O2. The lowest BCUT2D eigenvalue weighted by Gasteiger charge is -2.14. The van der Waals surface area contributed by atoms with Gasteiger partial charge in [0.15, 0.2) is 0 Å². The molecule has 2 heterocycles. The Bertz CT molecular complexity index is 529. The molecule has 0 aliphatic heterocycles. The van der Waals surface area contributed by atoms with Crippen molar-refractivity contribution in [1.82, 2.24) is 9.97 Å². The van der Waals surface area contributed by atoms with Gasteiger partial charge in [-0.15, -0.1) is 0 Å². The fourth-order valence-electron chi connectivity index (χ4n) is 1.85. The molecule has 2 aromatic heterocycles. The minimum Gasteiger partial charge on any atom is -0.495 e. The smallest absolute Gasteiger partial charge is 0.137 e. The second kappa shape index (κ2) is 5.60. The van der Waals surface area contributed by atoms with Crippen LogP contribution in [0.15, 0.2) is 36.8 Å². The zero-order valence-electron chi connectivity index (χ0n) is 10.5. The summed E-state index contributed by atoms with van der Waals surface area (Å²) in [5.74, 6) is 0.625. The van der Waals surface area contributed by atoms with Crippen LogP contribution in [-0.4, -0.2) is 22.2 Å². The molecule has 4 nitrogen and oxygen atoms in total. The van der Waals surface area contributed by atoms with Gasteiger partial charge in [0, 0.05) is 18.0 Å². The van der Waals surface area contributed by atoms with Crippen molar-refractivity contribution in [3.8, 4) is 5.75 Å². The normalized spacial score (nSPS) is 12.2. The van der Waals surface area contributed by atoms with Gasteiger partial charge in [-0.2, -0.15) is 0 Å². The number of rotatable bonds is 4. The molecule has 0 saturated heterocycles. The highest BCUT2D eigenvalue weighted by Crippen LogP contribution is 2.25. The third kappa shape index (κ3) is 2.49. The first-order valence-electron chi connectivity index (χ1n) is 5.87. The molecule has 2 aromatic rings. The maximum absolute atomic E-state index is 10.4. The Balaban J connectivity index is 2.37. The minimum absolute atomic E-state index is 0.625. The topological polar surface area (TPSA) is 55.2 Å². The van der Waals surface area contributed by atoms with E-state index >= 15 is 0 Å². The Hall–Kier alpha value is -1.94. The monoisotopic (exact) mass is 244 g/mol. The first-order valence-corrected chi connectivity index (χ1v) is 5.87. The summed E-state index contributed by atoms with van der Waals surface area (Å²) < 4.78 is 5.10. The molecule has 1 N–H and O–H groups in total. The molecule has 0 aliphatic rings. The van der Waals surface area contributed by atoms with Crippen LogP contribution in [0.5, 0.6) is 5.75 Å². The van der Waals surface area contributed by atoms with Crippen molar-refractivity contribution in [3.05, 3.63) is 53.6 Å². The summed E-state index contributed by atoms with van der Waals surface area (Å²) in [6, 6.07) is 5.61. The first-order chi connectivity index (χ1) is 8.76.